The minimum Gasteiger partial charge on any atom is -0.324 e. The lowest BCUT2D eigenvalue weighted by atomic mass is 10.6. The van der Waals surface area contributed by atoms with Crippen molar-refractivity contribution in [2.45, 2.75) is 13.1 Å². The summed E-state index contributed by atoms with van der Waals surface area (Å²) in [6.07, 6.45) is 2.32. The van der Waals surface area contributed by atoms with Gasteiger partial charge in [-0.15, -0.1) is 0 Å². The van der Waals surface area contributed by atoms with Crippen LogP contribution < -0.4 is 10.9 Å². The van der Waals surface area contributed by atoms with E-state index in [0.29, 0.717) is 0 Å². The number of allylic oxidation sites excluding steroid dienone is 1. The van der Waals surface area contributed by atoms with E-state index in [9.17, 15) is 4.39 Å². The quantitative estimate of drug-likeness (QED) is 0.494. The Labute approximate surface area is 52.6 Å². The molecule has 1 aliphatic heterocycles. The van der Waals surface area contributed by atoms with Crippen molar-refractivity contribution in [1.29, 1.82) is 0 Å². The Bertz CT molecular complexity index is 152. The Morgan fingerprint density at radius 3 is 3.33 bits per heavy atom. The maximum Gasteiger partial charge on any atom is 0.158 e. The minimum absolute atomic E-state index is 0.0745. The average Bonchev–Trinajstić information content (AvgIpc) is 1.97. The number of rotatable bonds is 0. The lowest BCUT2D eigenvalue weighted by Crippen LogP contribution is -2.33. The second kappa shape index (κ2) is 2.59. The molecule has 1 atom stereocenters. The smallest absolute Gasteiger partial charge is 0.158 e. The Hall–Kier alpha value is -0.900. The van der Waals surface area contributed by atoms with Gasteiger partial charge in [-0.3, -0.25) is 4.99 Å². The summed E-state index contributed by atoms with van der Waals surface area (Å²) in [5, 5.41) is 0. The van der Waals surface area contributed by atoms with Gasteiger partial charge < -0.3 is 5.43 Å². The summed E-state index contributed by atoms with van der Waals surface area (Å²) >= 11 is 0. The average molecular weight is 129 g/mol. The second-order valence-electron chi connectivity index (χ2n) is 1.77. The van der Waals surface area contributed by atoms with E-state index in [4.69, 9.17) is 0 Å². The highest BCUT2D eigenvalue weighted by Crippen LogP contribution is 1.93. The van der Waals surface area contributed by atoms with Crippen molar-refractivity contribution in [2.75, 3.05) is 0 Å². The molecule has 0 spiro atoms. The van der Waals surface area contributed by atoms with E-state index in [1.165, 1.54) is 12.4 Å². The molecule has 1 unspecified atom stereocenters. The third-order valence-electron chi connectivity index (χ3n) is 0.924. The maximum absolute atomic E-state index is 12.2. The van der Waals surface area contributed by atoms with Gasteiger partial charge in [0, 0.05) is 0 Å². The number of aliphatic imine (C=N–C) groups is 1. The summed E-state index contributed by atoms with van der Waals surface area (Å²) in [6, 6.07) is 0. The molecule has 0 bridgehead atoms. The maximum atomic E-state index is 12.2. The topological polar surface area (TPSA) is 36.4 Å². The summed E-state index contributed by atoms with van der Waals surface area (Å²) in [7, 11) is 0. The predicted octanol–water partition coefficient (Wildman–Crippen LogP) is 0.322. The molecule has 0 aromatic rings. The van der Waals surface area contributed by atoms with Crippen LogP contribution in [0, 0.1) is 0 Å². The number of hydrogen-bond donors (Lipinski definition) is 2. The second-order valence-corrected chi connectivity index (χ2v) is 1.77. The van der Waals surface area contributed by atoms with Crippen LogP contribution in [-0.4, -0.2) is 12.4 Å². The van der Waals surface area contributed by atoms with Crippen LogP contribution in [0.3, 0.4) is 0 Å². The monoisotopic (exact) mass is 129 g/mol. The van der Waals surface area contributed by atoms with Gasteiger partial charge in [-0.25, -0.2) is 9.82 Å². The Kier molecular flexibility index (Phi) is 1.79. The van der Waals surface area contributed by atoms with E-state index in [1.54, 1.807) is 0 Å². The minimum atomic E-state index is -0.369. The fraction of sp³-hybridized carbons (Fsp3) is 0.400. The molecular weight excluding hydrogens is 121 g/mol. The summed E-state index contributed by atoms with van der Waals surface area (Å²) in [4.78, 5) is 3.76. The van der Waals surface area contributed by atoms with Gasteiger partial charge in [0.15, 0.2) is 5.83 Å². The van der Waals surface area contributed by atoms with Crippen LogP contribution in [-0.2, 0) is 0 Å². The lowest BCUT2D eigenvalue weighted by molar-refractivity contribution is 0.525. The number of nitrogens with zero attached hydrogens (tertiary/aromatic N) is 1. The first-order valence-electron chi connectivity index (χ1n) is 2.69. The summed E-state index contributed by atoms with van der Waals surface area (Å²) in [6.45, 7) is 1.82. The van der Waals surface area contributed by atoms with Gasteiger partial charge in [-0.2, -0.15) is 0 Å². The molecule has 0 aromatic carbocycles. The van der Waals surface area contributed by atoms with Crippen molar-refractivity contribution in [3.8, 4) is 0 Å². The normalized spacial score (nSPS) is 26.4. The molecule has 9 heavy (non-hydrogen) atoms. The van der Waals surface area contributed by atoms with E-state index < -0.39 is 0 Å². The number of halogens is 1. The summed E-state index contributed by atoms with van der Waals surface area (Å²) in [5.74, 6) is -0.369. The first-order valence-corrected chi connectivity index (χ1v) is 2.69. The van der Waals surface area contributed by atoms with Crippen LogP contribution >= 0.6 is 0 Å². The Balaban J connectivity index is 2.58. The molecule has 0 fully saturated rings. The standard InChI is InChI=1S/C5H8FN3/c1-4-7-2-5(6)3-8-9-4/h2-4,8-9H,1H3. The fourth-order valence-corrected chi connectivity index (χ4v) is 0.489. The first kappa shape index (κ1) is 6.22. The fourth-order valence-electron chi connectivity index (χ4n) is 0.489. The Morgan fingerprint density at radius 1 is 1.78 bits per heavy atom. The van der Waals surface area contributed by atoms with Crippen molar-refractivity contribution in [1.82, 2.24) is 10.9 Å². The highest BCUT2D eigenvalue weighted by molar-refractivity contribution is 5.75. The van der Waals surface area contributed by atoms with Gasteiger partial charge >= 0.3 is 0 Å². The van der Waals surface area contributed by atoms with Crippen LogP contribution in [0.1, 0.15) is 6.92 Å². The van der Waals surface area contributed by atoms with Gasteiger partial charge in [0.2, 0.25) is 0 Å². The van der Waals surface area contributed by atoms with Gasteiger partial charge in [-0.1, -0.05) is 0 Å². The van der Waals surface area contributed by atoms with Crippen molar-refractivity contribution >= 4 is 6.21 Å². The number of nitrogens with one attached hydrogen (secondary N) is 2. The van der Waals surface area contributed by atoms with Crippen LogP contribution in [0.4, 0.5) is 4.39 Å². The molecule has 0 aromatic heterocycles. The zero-order valence-electron chi connectivity index (χ0n) is 5.06. The zero-order valence-corrected chi connectivity index (χ0v) is 5.06. The van der Waals surface area contributed by atoms with Gasteiger partial charge in [-0.05, 0) is 6.92 Å². The summed E-state index contributed by atoms with van der Waals surface area (Å²) < 4.78 is 12.2. The van der Waals surface area contributed by atoms with E-state index in [1.807, 2.05) is 6.92 Å². The van der Waals surface area contributed by atoms with Crippen LogP contribution in [0.5, 0.6) is 0 Å². The largest absolute Gasteiger partial charge is 0.324 e. The Morgan fingerprint density at radius 2 is 2.56 bits per heavy atom. The van der Waals surface area contributed by atoms with Crippen molar-refractivity contribution in [3.05, 3.63) is 12.0 Å². The van der Waals surface area contributed by atoms with Gasteiger partial charge in [0.1, 0.15) is 6.17 Å². The molecule has 1 aliphatic rings. The van der Waals surface area contributed by atoms with Crippen LogP contribution in [0.25, 0.3) is 0 Å². The van der Waals surface area contributed by atoms with Gasteiger partial charge in [0.25, 0.3) is 0 Å². The van der Waals surface area contributed by atoms with E-state index in [2.05, 4.69) is 15.8 Å². The third-order valence-corrected chi connectivity index (χ3v) is 0.924. The zero-order chi connectivity index (χ0) is 6.69. The lowest BCUT2D eigenvalue weighted by Gasteiger charge is -2.03. The van der Waals surface area contributed by atoms with Crippen LogP contribution in [0.2, 0.25) is 0 Å². The van der Waals surface area contributed by atoms with Gasteiger partial charge in [0.05, 0.1) is 12.4 Å². The molecule has 3 nitrogen and oxygen atoms in total. The molecule has 0 aliphatic carbocycles. The molecule has 4 heteroatoms. The van der Waals surface area contributed by atoms with Crippen molar-refractivity contribution in [2.24, 2.45) is 4.99 Å². The van der Waals surface area contributed by atoms with E-state index in [0.717, 1.165) is 0 Å². The molecule has 50 valence electrons. The highest BCUT2D eigenvalue weighted by Gasteiger charge is 1.98. The molecule has 0 radical (unpaired) electrons. The van der Waals surface area contributed by atoms with Crippen LogP contribution in [0.15, 0.2) is 17.0 Å². The van der Waals surface area contributed by atoms with E-state index in [-0.39, 0.29) is 12.0 Å². The van der Waals surface area contributed by atoms with Crippen molar-refractivity contribution in [3.63, 3.8) is 0 Å². The molecular formula is C5H8FN3. The van der Waals surface area contributed by atoms with E-state index >= 15 is 0 Å². The summed E-state index contributed by atoms with van der Waals surface area (Å²) in [5.41, 5.74) is 5.25. The third kappa shape index (κ3) is 1.81. The number of hydrazine groups is 1. The van der Waals surface area contributed by atoms with Crippen molar-refractivity contribution < 1.29 is 4.39 Å². The predicted molar refractivity (Wildman–Crippen MR) is 33.4 cm³/mol. The molecule has 0 saturated carbocycles. The SMILES string of the molecule is CC1N=CC(F)=CNN1. The highest BCUT2D eigenvalue weighted by atomic mass is 19.1. The number of hydrogen-bond acceptors (Lipinski definition) is 3. The molecule has 2 N–H and O–H groups in total. The molecule has 1 rings (SSSR count). The molecule has 0 amide bonds. The molecule has 0 saturated heterocycles. The first-order chi connectivity index (χ1) is 4.29. The molecule has 1 heterocycles.